The van der Waals surface area contributed by atoms with Crippen molar-refractivity contribution in [2.75, 3.05) is 11.9 Å². The monoisotopic (exact) mass is 501 g/mol. The summed E-state index contributed by atoms with van der Waals surface area (Å²) in [6, 6.07) is 12.8. The largest absolute Gasteiger partial charge is 0.455 e. The number of nitrogens with one attached hydrogen (secondary N) is 1. The lowest BCUT2D eigenvalue weighted by atomic mass is 10.1. The van der Waals surface area contributed by atoms with Crippen molar-refractivity contribution >= 4 is 28.7 Å². The maximum atomic E-state index is 13.0. The number of ether oxygens (including phenoxy) is 2. The summed E-state index contributed by atoms with van der Waals surface area (Å²) in [4.78, 5) is 36.1. The highest BCUT2D eigenvalue weighted by Gasteiger charge is 2.30. The lowest BCUT2D eigenvalue weighted by Crippen LogP contribution is -2.13. The molecular formula is C25H18F3NO7. The molecule has 2 heterocycles. The molecule has 36 heavy (non-hydrogen) atoms. The van der Waals surface area contributed by atoms with Gasteiger partial charge < -0.3 is 18.3 Å². The summed E-state index contributed by atoms with van der Waals surface area (Å²) in [6.45, 7) is 1.52. The Labute approximate surface area is 201 Å². The van der Waals surface area contributed by atoms with Crippen molar-refractivity contribution in [3.05, 3.63) is 88.0 Å². The van der Waals surface area contributed by atoms with Gasteiger partial charge in [0.1, 0.15) is 18.0 Å². The van der Waals surface area contributed by atoms with Crippen LogP contribution < -0.4 is 10.9 Å². The summed E-state index contributed by atoms with van der Waals surface area (Å²) < 4.78 is 59.5. The number of hydrogen-bond donors (Lipinski definition) is 1. The molecule has 0 unspecified atom stereocenters. The van der Waals surface area contributed by atoms with Crippen LogP contribution in [0, 0.1) is 0 Å². The lowest BCUT2D eigenvalue weighted by molar-refractivity contribution is -0.137. The second-order valence-corrected chi connectivity index (χ2v) is 7.47. The SMILES string of the molecule is CCOC(=O)Nc1ccc2c(COC(=O)c3ccc(-c4cccc(C(F)(F)F)c4)o3)cc(=O)oc2c1. The van der Waals surface area contributed by atoms with Gasteiger partial charge in [0.05, 0.1) is 12.2 Å². The van der Waals surface area contributed by atoms with E-state index >= 15 is 0 Å². The Morgan fingerprint density at radius 2 is 1.78 bits per heavy atom. The maximum Gasteiger partial charge on any atom is 0.416 e. The summed E-state index contributed by atoms with van der Waals surface area (Å²) in [6.07, 6.45) is -5.20. The number of alkyl halides is 3. The number of furan rings is 1. The summed E-state index contributed by atoms with van der Waals surface area (Å²) in [5.74, 6) is -1.05. The number of carbonyl (C=O) groups excluding carboxylic acids is 2. The zero-order valence-electron chi connectivity index (χ0n) is 18.7. The number of benzene rings is 2. The van der Waals surface area contributed by atoms with Crippen LogP contribution in [0.15, 0.2) is 74.3 Å². The fraction of sp³-hybridized carbons (Fsp3) is 0.160. The molecule has 186 valence electrons. The van der Waals surface area contributed by atoms with E-state index in [0.29, 0.717) is 16.6 Å². The normalized spacial score (nSPS) is 11.3. The van der Waals surface area contributed by atoms with Gasteiger partial charge in [-0.1, -0.05) is 12.1 Å². The molecule has 0 radical (unpaired) electrons. The van der Waals surface area contributed by atoms with Gasteiger partial charge in [0, 0.05) is 34.3 Å². The molecule has 11 heteroatoms. The molecule has 4 aromatic rings. The second-order valence-electron chi connectivity index (χ2n) is 7.47. The van der Waals surface area contributed by atoms with Crippen LogP contribution in [0.2, 0.25) is 0 Å². The predicted molar refractivity (Wildman–Crippen MR) is 121 cm³/mol. The number of fused-ring (bicyclic) bond motifs is 1. The molecule has 0 aliphatic heterocycles. The molecule has 0 saturated carbocycles. The van der Waals surface area contributed by atoms with Crippen LogP contribution in [-0.4, -0.2) is 18.7 Å². The topological polar surface area (TPSA) is 108 Å². The first kappa shape index (κ1) is 24.6. The van der Waals surface area contributed by atoms with Crippen molar-refractivity contribution in [3.8, 4) is 11.3 Å². The number of esters is 1. The van der Waals surface area contributed by atoms with Crippen molar-refractivity contribution < 1.29 is 41.1 Å². The Morgan fingerprint density at radius 3 is 2.53 bits per heavy atom. The third kappa shape index (κ3) is 5.57. The van der Waals surface area contributed by atoms with Crippen molar-refractivity contribution in [2.24, 2.45) is 0 Å². The van der Waals surface area contributed by atoms with E-state index in [0.717, 1.165) is 18.2 Å². The Hall–Kier alpha value is -4.54. The first-order valence-corrected chi connectivity index (χ1v) is 10.6. The molecule has 1 amide bonds. The minimum Gasteiger partial charge on any atom is -0.455 e. The quantitative estimate of drug-likeness (QED) is 0.255. The Bertz CT molecular complexity index is 1490. The number of amides is 1. The van der Waals surface area contributed by atoms with Crippen LogP contribution in [0.3, 0.4) is 0 Å². The minimum atomic E-state index is -4.52. The molecule has 1 N–H and O–H groups in total. The van der Waals surface area contributed by atoms with Gasteiger partial charge in [-0.15, -0.1) is 0 Å². The van der Waals surface area contributed by atoms with Crippen LogP contribution in [0.4, 0.5) is 23.7 Å². The highest BCUT2D eigenvalue weighted by molar-refractivity contribution is 5.90. The van der Waals surface area contributed by atoms with Gasteiger partial charge in [-0.25, -0.2) is 14.4 Å². The molecule has 0 fully saturated rings. The molecule has 0 bridgehead atoms. The number of halogens is 3. The zero-order valence-corrected chi connectivity index (χ0v) is 18.7. The highest BCUT2D eigenvalue weighted by atomic mass is 19.4. The molecule has 0 saturated heterocycles. The summed E-state index contributed by atoms with van der Waals surface area (Å²) in [7, 11) is 0. The van der Waals surface area contributed by atoms with E-state index in [9.17, 15) is 27.6 Å². The Kier molecular flexibility index (Phi) is 6.82. The van der Waals surface area contributed by atoms with Crippen molar-refractivity contribution in [3.63, 3.8) is 0 Å². The van der Waals surface area contributed by atoms with Crippen LogP contribution in [0.1, 0.15) is 28.6 Å². The van der Waals surface area contributed by atoms with Gasteiger partial charge in [0.2, 0.25) is 5.76 Å². The van der Waals surface area contributed by atoms with Crippen molar-refractivity contribution in [2.45, 2.75) is 19.7 Å². The van der Waals surface area contributed by atoms with Gasteiger partial charge in [-0.2, -0.15) is 13.2 Å². The Morgan fingerprint density at radius 1 is 0.972 bits per heavy atom. The molecule has 0 spiro atoms. The molecule has 0 aliphatic rings. The fourth-order valence-electron chi connectivity index (χ4n) is 3.38. The van der Waals surface area contributed by atoms with Crippen LogP contribution in [0.5, 0.6) is 0 Å². The molecule has 2 aromatic heterocycles. The van der Waals surface area contributed by atoms with Crippen LogP contribution in [-0.2, 0) is 22.3 Å². The predicted octanol–water partition coefficient (Wildman–Crippen LogP) is 6.00. The maximum absolute atomic E-state index is 13.0. The van der Waals surface area contributed by atoms with E-state index in [2.05, 4.69) is 5.32 Å². The van der Waals surface area contributed by atoms with Gasteiger partial charge in [-0.05, 0) is 43.3 Å². The molecule has 8 nitrogen and oxygen atoms in total. The van der Waals surface area contributed by atoms with Gasteiger partial charge in [0.15, 0.2) is 0 Å². The van der Waals surface area contributed by atoms with E-state index in [1.807, 2.05) is 0 Å². The summed E-state index contributed by atoms with van der Waals surface area (Å²) in [5.41, 5.74) is -0.601. The molecular weight excluding hydrogens is 483 g/mol. The molecule has 2 aromatic carbocycles. The zero-order chi connectivity index (χ0) is 25.9. The molecule has 0 atom stereocenters. The fourth-order valence-corrected chi connectivity index (χ4v) is 3.38. The minimum absolute atomic E-state index is 0.0560. The Balaban J connectivity index is 1.50. The third-order valence-corrected chi connectivity index (χ3v) is 4.99. The lowest BCUT2D eigenvalue weighted by Gasteiger charge is -2.09. The van der Waals surface area contributed by atoms with E-state index in [1.54, 1.807) is 19.1 Å². The van der Waals surface area contributed by atoms with E-state index in [4.69, 9.17) is 18.3 Å². The van der Waals surface area contributed by atoms with E-state index < -0.39 is 29.4 Å². The van der Waals surface area contributed by atoms with Gasteiger partial charge >= 0.3 is 23.9 Å². The third-order valence-electron chi connectivity index (χ3n) is 4.99. The first-order chi connectivity index (χ1) is 17.1. The number of carbonyl (C=O) groups is 2. The number of rotatable bonds is 6. The number of hydrogen-bond acceptors (Lipinski definition) is 7. The average Bonchev–Trinajstić information content (AvgIpc) is 3.32. The number of anilines is 1. The van der Waals surface area contributed by atoms with Gasteiger partial charge in [-0.3, -0.25) is 5.32 Å². The van der Waals surface area contributed by atoms with Crippen molar-refractivity contribution in [1.82, 2.24) is 0 Å². The average molecular weight is 501 g/mol. The molecule has 0 aliphatic carbocycles. The molecule has 4 rings (SSSR count). The summed E-state index contributed by atoms with van der Waals surface area (Å²) in [5, 5.41) is 2.95. The van der Waals surface area contributed by atoms with E-state index in [1.165, 1.54) is 30.3 Å². The van der Waals surface area contributed by atoms with Crippen LogP contribution in [0.25, 0.3) is 22.3 Å². The highest BCUT2D eigenvalue weighted by Crippen LogP contribution is 2.33. The smallest absolute Gasteiger partial charge is 0.416 e. The van der Waals surface area contributed by atoms with Gasteiger partial charge in [0.25, 0.3) is 0 Å². The first-order valence-electron chi connectivity index (χ1n) is 10.6. The van der Waals surface area contributed by atoms with Crippen LogP contribution >= 0.6 is 0 Å². The second kappa shape index (κ2) is 9.98. The van der Waals surface area contributed by atoms with E-state index in [-0.39, 0.29) is 35.9 Å². The summed E-state index contributed by atoms with van der Waals surface area (Å²) >= 11 is 0. The van der Waals surface area contributed by atoms with Crippen molar-refractivity contribution in [1.29, 1.82) is 0 Å². The standard InChI is InChI=1S/C25H18F3NO7/c1-2-33-24(32)29-17-6-7-18-15(11-22(30)36-21(18)12-17)13-34-23(31)20-9-8-19(35-20)14-4-3-5-16(10-14)25(26,27)28/h3-12H,2,13H2,1H3,(H,29,32).